The van der Waals surface area contributed by atoms with Crippen LogP contribution in [0.3, 0.4) is 0 Å². The van der Waals surface area contributed by atoms with Crippen LogP contribution in [-0.2, 0) is 9.47 Å². The smallest absolute Gasteiger partial charge is 0.412 e. The third kappa shape index (κ3) is 4.03. The second kappa shape index (κ2) is 6.00. The summed E-state index contributed by atoms with van der Waals surface area (Å²) in [6.45, 7) is 5.14. The molecule has 110 valence electrons. The number of methoxy groups -OCH3 is 1. The van der Waals surface area contributed by atoms with Gasteiger partial charge in [-0.3, -0.25) is 5.32 Å². The van der Waals surface area contributed by atoms with Gasteiger partial charge in [0.15, 0.2) is 5.75 Å². The summed E-state index contributed by atoms with van der Waals surface area (Å²) in [7, 11) is 1.18. The number of hydrogen-bond acceptors (Lipinski definition) is 5. The summed E-state index contributed by atoms with van der Waals surface area (Å²) in [6, 6.07) is 2.66. The van der Waals surface area contributed by atoms with Gasteiger partial charge in [0, 0.05) is 0 Å². The lowest BCUT2D eigenvalue weighted by Crippen LogP contribution is -2.27. The van der Waals surface area contributed by atoms with E-state index in [9.17, 15) is 14.7 Å². The van der Waals surface area contributed by atoms with E-state index < -0.39 is 23.4 Å². The molecule has 0 aliphatic rings. The number of aromatic hydroxyl groups is 1. The van der Waals surface area contributed by atoms with Gasteiger partial charge < -0.3 is 14.6 Å². The molecule has 2 N–H and O–H groups in total. The van der Waals surface area contributed by atoms with Crippen LogP contribution in [0.1, 0.15) is 31.1 Å². The van der Waals surface area contributed by atoms with E-state index in [-0.39, 0.29) is 16.3 Å². The van der Waals surface area contributed by atoms with Gasteiger partial charge in [-0.2, -0.15) is 0 Å². The van der Waals surface area contributed by atoms with Crippen molar-refractivity contribution < 1.29 is 24.2 Å². The van der Waals surface area contributed by atoms with Crippen molar-refractivity contribution in [3.63, 3.8) is 0 Å². The van der Waals surface area contributed by atoms with Crippen molar-refractivity contribution in [1.82, 2.24) is 0 Å². The Balaban J connectivity index is 2.97. The van der Waals surface area contributed by atoms with E-state index in [0.717, 1.165) is 0 Å². The maximum Gasteiger partial charge on any atom is 0.412 e. The Kier molecular flexibility index (Phi) is 4.83. The minimum Gasteiger partial charge on any atom is -0.505 e. The Labute approximate surface area is 121 Å². The second-order valence-corrected chi connectivity index (χ2v) is 5.32. The Bertz CT molecular complexity index is 536. The van der Waals surface area contributed by atoms with Gasteiger partial charge in [-0.1, -0.05) is 11.6 Å². The van der Waals surface area contributed by atoms with Gasteiger partial charge in [0.1, 0.15) is 16.2 Å². The number of halogens is 1. The van der Waals surface area contributed by atoms with Crippen molar-refractivity contribution in [2.45, 2.75) is 26.4 Å². The molecular weight excluding hydrogens is 286 g/mol. The summed E-state index contributed by atoms with van der Waals surface area (Å²) in [6.07, 6.45) is -0.718. The van der Waals surface area contributed by atoms with Crippen LogP contribution in [0, 0.1) is 0 Å². The van der Waals surface area contributed by atoms with Crippen LogP contribution in [0.15, 0.2) is 12.1 Å². The molecule has 1 rings (SSSR count). The maximum atomic E-state index is 11.6. The number of carbonyl (C=O) groups is 2. The lowest BCUT2D eigenvalue weighted by Gasteiger charge is -2.20. The van der Waals surface area contributed by atoms with Gasteiger partial charge in [0.05, 0.1) is 12.8 Å². The van der Waals surface area contributed by atoms with Gasteiger partial charge in [0.25, 0.3) is 0 Å². The fourth-order valence-electron chi connectivity index (χ4n) is 1.35. The summed E-state index contributed by atoms with van der Waals surface area (Å²) in [4.78, 5) is 23.0. The molecule has 1 aromatic carbocycles. The van der Waals surface area contributed by atoms with Gasteiger partial charge in [-0.15, -0.1) is 0 Å². The highest BCUT2D eigenvalue weighted by molar-refractivity contribution is 6.35. The van der Waals surface area contributed by atoms with E-state index in [1.165, 1.54) is 19.2 Å². The molecule has 6 nitrogen and oxygen atoms in total. The van der Waals surface area contributed by atoms with E-state index >= 15 is 0 Å². The van der Waals surface area contributed by atoms with Crippen LogP contribution in [0.4, 0.5) is 10.5 Å². The molecule has 0 saturated heterocycles. The number of anilines is 1. The van der Waals surface area contributed by atoms with Crippen LogP contribution in [-0.4, -0.2) is 29.9 Å². The van der Waals surface area contributed by atoms with Crippen LogP contribution < -0.4 is 5.32 Å². The van der Waals surface area contributed by atoms with Crippen molar-refractivity contribution in [1.29, 1.82) is 0 Å². The third-order valence-corrected chi connectivity index (χ3v) is 2.54. The van der Waals surface area contributed by atoms with Gasteiger partial charge >= 0.3 is 12.1 Å². The highest BCUT2D eigenvalue weighted by atomic mass is 35.5. The molecule has 0 unspecified atom stereocenters. The average molecular weight is 302 g/mol. The van der Waals surface area contributed by atoms with Crippen LogP contribution in [0.2, 0.25) is 5.02 Å². The Morgan fingerprint density at radius 2 is 1.90 bits per heavy atom. The molecule has 7 heteroatoms. The standard InChI is InChI=1S/C13H16ClNO5/c1-13(2,3)20-12(18)15-8-6-5-7(11(17)19-4)10(16)9(8)14/h5-6,16H,1-4H3,(H,15,18). The van der Waals surface area contributed by atoms with Crippen molar-refractivity contribution in [2.75, 3.05) is 12.4 Å². The van der Waals surface area contributed by atoms with Crippen LogP contribution in [0.25, 0.3) is 0 Å². The van der Waals surface area contributed by atoms with E-state index in [4.69, 9.17) is 16.3 Å². The van der Waals surface area contributed by atoms with Crippen molar-refractivity contribution >= 4 is 29.4 Å². The van der Waals surface area contributed by atoms with Gasteiger partial charge in [-0.05, 0) is 32.9 Å². The van der Waals surface area contributed by atoms with E-state index in [1.807, 2.05) is 0 Å². The van der Waals surface area contributed by atoms with E-state index in [1.54, 1.807) is 20.8 Å². The molecule has 1 amide bonds. The predicted octanol–water partition coefficient (Wildman–Crippen LogP) is 3.18. The molecule has 0 aliphatic carbocycles. The van der Waals surface area contributed by atoms with Crippen molar-refractivity contribution in [3.05, 3.63) is 22.7 Å². The number of carbonyl (C=O) groups excluding carboxylic acids is 2. The summed E-state index contributed by atoms with van der Waals surface area (Å²) in [5.74, 6) is -1.19. The second-order valence-electron chi connectivity index (χ2n) is 4.94. The van der Waals surface area contributed by atoms with Crippen molar-refractivity contribution in [2.24, 2.45) is 0 Å². The number of nitrogens with one attached hydrogen (secondary N) is 1. The molecule has 20 heavy (non-hydrogen) atoms. The first kappa shape index (κ1) is 16.1. The molecule has 0 radical (unpaired) electrons. The number of benzene rings is 1. The highest BCUT2D eigenvalue weighted by Crippen LogP contribution is 2.35. The first-order valence-electron chi connectivity index (χ1n) is 5.75. The van der Waals surface area contributed by atoms with Gasteiger partial charge in [-0.25, -0.2) is 9.59 Å². The molecule has 0 aromatic heterocycles. The molecule has 0 aliphatic heterocycles. The average Bonchev–Trinajstić information content (AvgIpc) is 2.32. The molecular formula is C13H16ClNO5. The third-order valence-electron chi connectivity index (χ3n) is 2.16. The largest absolute Gasteiger partial charge is 0.505 e. The SMILES string of the molecule is COC(=O)c1ccc(NC(=O)OC(C)(C)C)c(Cl)c1O. The molecule has 0 heterocycles. The number of amides is 1. The summed E-state index contributed by atoms with van der Waals surface area (Å²) >= 11 is 5.89. The molecule has 0 atom stereocenters. The zero-order valence-electron chi connectivity index (χ0n) is 11.6. The highest BCUT2D eigenvalue weighted by Gasteiger charge is 2.20. The first-order chi connectivity index (χ1) is 9.15. The molecule has 0 saturated carbocycles. The minimum absolute atomic E-state index is 0.0905. The summed E-state index contributed by atoms with van der Waals surface area (Å²) in [5, 5.41) is 12.0. The molecule has 0 spiro atoms. The molecule has 1 aromatic rings. The zero-order valence-corrected chi connectivity index (χ0v) is 12.4. The summed E-state index contributed by atoms with van der Waals surface area (Å²) < 4.78 is 9.54. The van der Waals surface area contributed by atoms with E-state index in [0.29, 0.717) is 0 Å². The molecule has 0 fully saturated rings. The van der Waals surface area contributed by atoms with Gasteiger partial charge in [0.2, 0.25) is 0 Å². The van der Waals surface area contributed by atoms with Crippen molar-refractivity contribution in [3.8, 4) is 5.75 Å². The number of hydrogen-bond donors (Lipinski definition) is 2. The fraction of sp³-hybridized carbons (Fsp3) is 0.385. The Hall–Kier alpha value is -1.95. The van der Waals surface area contributed by atoms with E-state index in [2.05, 4.69) is 10.1 Å². The topological polar surface area (TPSA) is 84.9 Å². The lowest BCUT2D eigenvalue weighted by molar-refractivity contribution is 0.0596. The number of ether oxygens (including phenoxy) is 2. The first-order valence-corrected chi connectivity index (χ1v) is 6.13. The summed E-state index contributed by atoms with van der Waals surface area (Å²) in [5.41, 5.74) is -0.622. The Morgan fingerprint density at radius 3 is 2.40 bits per heavy atom. The number of esters is 1. The van der Waals surface area contributed by atoms with Crippen LogP contribution >= 0.6 is 11.6 Å². The number of rotatable bonds is 2. The molecule has 0 bridgehead atoms. The lowest BCUT2D eigenvalue weighted by atomic mass is 10.2. The van der Waals surface area contributed by atoms with Crippen LogP contribution in [0.5, 0.6) is 5.75 Å². The monoisotopic (exact) mass is 301 g/mol. The quantitative estimate of drug-likeness (QED) is 0.819. The zero-order chi connectivity index (χ0) is 15.5. The fourth-order valence-corrected chi connectivity index (χ4v) is 1.56. The maximum absolute atomic E-state index is 11.6. The normalized spacial score (nSPS) is 10.8. The number of phenolic OH excluding ortho intramolecular Hbond substituents is 1. The Morgan fingerprint density at radius 1 is 1.30 bits per heavy atom. The minimum atomic E-state index is -0.729. The number of phenols is 1. The predicted molar refractivity (Wildman–Crippen MR) is 74.3 cm³/mol.